The Morgan fingerprint density at radius 2 is 2.27 bits per heavy atom. The van der Waals surface area contributed by atoms with Gasteiger partial charge in [0.1, 0.15) is 12.7 Å². The largest absolute Gasteiger partial charge is 0.348 e. The molecule has 0 aromatic heterocycles. The van der Waals surface area contributed by atoms with E-state index in [9.17, 15) is 4.79 Å². The molecule has 1 N–H and O–H groups in total. The number of carbonyl (C=O) groups is 1. The molecule has 1 fully saturated rings. The third kappa shape index (κ3) is 4.15. The lowest BCUT2D eigenvalue weighted by Crippen LogP contribution is -2.32. The normalized spacial score (nSPS) is 24.5. The third-order valence-corrected chi connectivity index (χ3v) is 2.03. The highest BCUT2D eigenvalue weighted by Crippen LogP contribution is 2.21. The predicted octanol–water partition coefficient (Wildman–Crippen LogP) is 0.842. The Morgan fingerprint density at radius 3 is 2.73 bits per heavy atom. The van der Waals surface area contributed by atoms with Crippen molar-refractivity contribution in [2.24, 2.45) is 5.92 Å². The van der Waals surface area contributed by atoms with E-state index < -0.39 is 5.79 Å². The molecular weight excluding hydrogens is 198 g/mol. The van der Waals surface area contributed by atoms with E-state index >= 15 is 0 Å². The molecule has 0 aliphatic carbocycles. The van der Waals surface area contributed by atoms with Gasteiger partial charge in [0.2, 0.25) is 5.91 Å². The van der Waals surface area contributed by atoms with Gasteiger partial charge in [0.15, 0.2) is 5.79 Å². The molecule has 1 saturated heterocycles. The van der Waals surface area contributed by atoms with Gasteiger partial charge >= 0.3 is 0 Å². The lowest BCUT2D eigenvalue weighted by atomic mass is 10.2. The van der Waals surface area contributed by atoms with E-state index in [1.165, 1.54) is 0 Å². The summed E-state index contributed by atoms with van der Waals surface area (Å²) in [6.07, 6.45) is -0.118. The highest BCUT2D eigenvalue weighted by Gasteiger charge is 2.32. The molecule has 5 nitrogen and oxygen atoms in total. The number of hydrogen-bond acceptors (Lipinski definition) is 4. The molecule has 15 heavy (non-hydrogen) atoms. The first-order chi connectivity index (χ1) is 6.91. The second-order valence-electron chi connectivity index (χ2n) is 4.38. The number of rotatable bonds is 4. The highest BCUT2D eigenvalue weighted by atomic mass is 16.8. The molecule has 1 atom stereocenters. The summed E-state index contributed by atoms with van der Waals surface area (Å²) in [5.74, 6) is -0.758. The van der Waals surface area contributed by atoms with Crippen LogP contribution in [0.5, 0.6) is 0 Å². The van der Waals surface area contributed by atoms with E-state index in [4.69, 9.17) is 14.3 Å². The van der Waals surface area contributed by atoms with Crippen LogP contribution >= 0.6 is 0 Å². The molecule has 1 aliphatic rings. The summed E-state index contributed by atoms with van der Waals surface area (Å²) >= 11 is 0. The molecule has 1 aliphatic heterocycles. The van der Waals surface area contributed by atoms with E-state index in [1.807, 2.05) is 13.8 Å². The zero-order valence-corrected chi connectivity index (χ0v) is 9.70. The van der Waals surface area contributed by atoms with Crippen molar-refractivity contribution in [3.63, 3.8) is 0 Å². The Morgan fingerprint density at radius 1 is 1.60 bits per heavy atom. The molecule has 0 saturated carbocycles. The molecule has 0 spiro atoms. The third-order valence-electron chi connectivity index (χ3n) is 2.03. The van der Waals surface area contributed by atoms with Gasteiger partial charge < -0.3 is 9.47 Å². The Hall–Kier alpha value is -0.650. The van der Waals surface area contributed by atoms with Gasteiger partial charge in [0.05, 0.1) is 6.61 Å². The second kappa shape index (κ2) is 4.92. The molecular formula is C10H19NO4. The Bertz CT molecular complexity index is 227. The fraction of sp³-hybridized carbons (Fsp3) is 0.900. The van der Waals surface area contributed by atoms with Gasteiger partial charge in [-0.05, 0) is 13.8 Å². The maximum atomic E-state index is 11.1. The van der Waals surface area contributed by atoms with Crippen molar-refractivity contribution >= 4 is 5.91 Å². The smallest absolute Gasteiger partial charge is 0.246 e. The van der Waals surface area contributed by atoms with Crippen LogP contribution in [0.1, 0.15) is 27.7 Å². The van der Waals surface area contributed by atoms with Gasteiger partial charge in [-0.1, -0.05) is 13.8 Å². The molecule has 1 unspecified atom stereocenters. The number of carbonyl (C=O) groups excluding carboxylic acids is 1. The number of amides is 1. The van der Waals surface area contributed by atoms with Crippen molar-refractivity contribution in [2.75, 3.05) is 13.2 Å². The molecule has 0 radical (unpaired) electrons. The maximum absolute atomic E-state index is 11.1. The number of nitrogens with one attached hydrogen (secondary N) is 1. The first-order valence-electron chi connectivity index (χ1n) is 5.14. The van der Waals surface area contributed by atoms with Gasteiger partial charge in [-0.3, -0.25) is 9.63 Å². The average Bonchev–Trinajstić information content (AvgIpc) is 2.45. The maximum Gasteiger partial charge on any atom is 0.246 e. The summed E-state index contributed by atoms with van der Waals surface area (Å²) in [5, 5.41) is 0. The predicted molar refractivity (Wildman–Crippen MR) is 53.8 cm³/mol. The standard InChI is InChI=1S/C10H19NO4/c1-7(2)9(12)11-14-6-8-5-13-10(3,4)15-8/h7-8H,5-6H2,1-4H3,(H,11,12). The zero-order valence-electron chi connectivity index (χ0n) is 9.70. The summed E-state index contributed by atoms with van der Waals surface area (Å²) in [4.78, 5) is 16.2. The van der Waals surface area contributed by atoms with Gasteiger partial charge in [0, 0.05) is 5.92 Å². The van der Waals surface area contributed by atoms with Crippen LogP contribution in [0.15, 0.2) is 0 Å². The summed E-state index contributed by atoms with van der Waals surface area (Å²) < 4.78 is 10.8. The molecule has 0 bridgehead atoms. The minimum absolute atomic E-state index is 0.0813. The zero-order chi connectivity index (χ0) is 11.5. The Balaban J connectivity index is 2.14. The number of ether oxygens (including phenoxy) is 2. The molecule has 5 heteroatoms. The summed E-state index contributed by atoms with van der Waals surface area (Å²) in [5.41, 5.74) is 2.36. The first-order valence-corrected chi connectivity index (χ1v) is 5.14. The van der Waals surface area contributed by atoms with Crippen LogP contribution in [0.25, 0.3) is 0 Å². The molecule has 0 aromatic carbocycles. The second-order valence-corrected chi connectivity index (χ2v) is 4.38. The van der Waals surface area contributed by atoms with Crippen molar-refractivity contribution in [3.8, 4) is 0 Å². The van der Waals surface area contributed by atoms with Crippen molar-refractivity contribution in [2.45, 2.75) is 39.6 Å². The van der Waals surface area contributed by atoms with Crippen LogP contribution in [0, 0.1) is 5.92 Å². The van der Waals surface area contributed by atoms with E-state index in [1.54, 1.807) is 13.8 Å². The van der Waals surface area contributed by atoms with Gasteiger partial charge in [0.25, 0.3) is 0 Å². The molecule has 1 heterocycles. The van der Waals surface area contributed by atoms with Crippen molar-refractivity contribution in [1.29, 1.82) is 0 Å². The Kier molecular flexibility index (Phi) is 4.07. The van der Waals surface area contributed by atoms with E-state index in [0.717, 1.165) is 0 Å². The van der Waals surface area contributed by atoms with Crippen molar-refractivity contribution in [1.82, 2.24) is 5.48 Å². The SMILES string of the molecule is CC(C)C(=O)NOCC1COC(C)(C)O1. The lowest BCUT2D eigenvalue weighted by molar-refractivity contribution is -0.154. The topological polar surface area (TPSA) is 56.8 Å². The van der Waals surface area contributed by atoms with Gasteiger partial charge in [-0.2, -0.15) is 0 Å². The van der Waals surface area contributed by atoms with Gasteiger partial charge in [-0.25, -0.2) is 5.48 Å². The summed E-state index contributed by atoms with van der Waals surface area (Å²) in [6.45, 7) is 8.10. The Labute approximate surface area is 90.0 Å². The first kappa shape index (κ1) is 12.4. The van der Waals surface area contributed by atoms with Gasteiger partial charge in [-0.15, -0.1) is 0 Å². The van der Waals surface area contributed by atoms with E-state index in [0.29, 0.717) is 13.2 Å². The minimum Gasteiger partial charge on any atom is -0.348 e. The summed E-state index contributed by atoms with van der Waals surface area (Å²) in [7, 11) is 0. The van der Waals surface area contributed by atoms with Crippen LogP contribution in [-0.4, -0.2) is 31.0 Å². The van der Waals surface area contributed by atoms with Crippen LogP contribution in [-0.2, 0) is 19.1 Å². The van der Waals surface area contributed by atoms with E-state index in [2.05, 4.69) is 5.48 Å². The fourth-order valence-corrected chi connectivity index (χ4v) is 1.17. The minimum atomic E-state index is -0.546. The van der Waals surface area contributed by atoms with Crippen LogP contribution in [0.3, 0.4) is 0 Å². The quantitative estimate of drug-likeness (QED) is 0.709. The number of hydroxylamine groups is 1. The van der Waals surface area contributed by atoms with Crippen LogP contribution < -0.4 is 5.48 Å². The van der Waals surface area contributed by atoms with Crippen LogP contribution in [0.4, 0.5) is 0 Å². The van der Waals surface area contributed by atoms with Crippen molar-refractivity contribution in [3.05, 3.63) is 0 Å². The summed E-state index contributed by atoms with van der Waals surface area (Å²) in [6, 6.07) is 0. The lowest BCUT2D eigenvalue weighted by Gasteiger charge is -2.17. The molecule has 88 valence electrons. The molecule has 1 rings (SSSR count). The van der Waals surface area contributed by atoms with E-state index in [-0.39, 0.29) is 17.9 Å². The number of hydrogen-bond donors (Lipinski definition) is 1. The molecule has 0 aromatic rings. The monoisotopic (exact) mass is 217 g/mol. The molecule has 1 amide bonds. The van der Waals surface area contributed by atoms with Crippen molar-refractivity contribution < 1.29 is 19.1 Å². The average molecular weight is 217 g/mol. The van der Waals surface area contributed by atoms with Crippen LogP contribution in [0.2, 0.25) is 0 Å². The fourth-order valence-electron chi connectivity index (χ4n) is 1.17. The highest BCUT2D eigenvalue weighted by molar-refractivity contribution is 5.76.